The minimum atomic E-state index is -0.656. The van der Waals surface area contributed by atoms with Crippen LogP contribution in [0.3, 0.4) is 0 Å². The first-order chi connectivity index (χ1) is 9.60. The molecule has 0 aliphatic carbocycles. The lowest BCUT2D eigenvalue weighted by atomic mass is 10.1. The Kier molecular flexibility index (Phi) is 3.82. The number of hydrogen-bond donors (Lipinski definition) is 1. The highest BCUT2D eigenvalue weighted by Crippen LogP contribution is 2.32. The minimum Gasteiger partial charge on any atom is -0.465 e. The minimum absolute atomic E-state index is 0.0105. The molecule has 5 nitrogen and oxygen atoms in total. The Bertz CT molecular complexity index is 714. The molecule has 20 heavy (non-hydrogen) atoms. The third-order valence-corrected chi connectivity index (χ3v) is 3.85. The summed E-state index contributed by atoms with van der Waals surface area (Å²) in [6.45, 7) is 0. The molecule has 100 valence electrons. The van der Waals surface area contributed by atoms with Gasteiger partial charge in [-0.3, -0.25) is 4.79 Å². The number of thiophene rings is 1. The van der Waals surface area contributed by atoms with Gasteiger partial charge in [-0.25, -0.2) is 4.79 Å². The monoisotopic (exact) mass is 286 g/mol. The molecule has 6 heteroatoms. The number of carbonyl (C=O) groups excluding carboxylic acids is 2. The van der Waals surface area contributed by atoms with Crippen LogP contribution in [0.5, 0.6) is 0 Å². The van der Waals surface area contributed by atoms with Crippen molar-refractivity contribution < 1.29 is 14.3 Å². The zero-order chi connectivity index (χ0) is 14.7. The zero-order valence-corrected chi connectivity index (χ0v) is 11.4. The fraction of sp³-hybridized carbons (Fsp3) is 0.0714. The summed E-state index contributed by atoms with van der Waals surface area (Å²) in [5.74, 6) is -0.995. The second-order valence-corrected chi connectivity index (χ2v) is 4.87. The van der Waals surface area contributed by atoms with Crippen molar-refractivity contribution in [3.05, 3.63) is 51.2 Å². The van der Waals surface area contributed by atoms with E-state index in [2.05, 4.69) is 4.74 Å². The Morgan fingerprint density at radius 2 is 1.90 bits per heavy atom. The van der Waals surface area contributed by atoms with Crippen LogP contribution in [0, 0.1) is 11.3 Å². The number of benzene rings is 1. The van der Waals surface area contributed by atoms with Crippen LogP contribution < -0.4 is 5.73 Å². The molecule has 2 N–H and O–H groups in total. The van der Waals surface area contributed by atoms with Gasteiger partial charge in [0.05, 0.1) is 23.2 Å². The van der Waals surface area contributed by atoms with E-state index in [-0.39, 0.29) is 26.8 Å². The molecule has 0 bridgehead atoms. The van der Waals surface area contributed by atoms with Gasteiger partial charge in [-0.2, -0.15) is 5.26 Å². The van der Waals surface area contributed by atoms with E-state index < -0.39 is 5.97 Å². The molecule has 0 unspecified atom stereocenters. The number of nitrogens with two attached hydrogens (primary N) is 1. The highest BCUT2D eigenvalue weighted by Gasteiger charge is 2.25. The number of nitrogen functional groups attached to an aromatic ring is 1. The predicted octanol–water partition coefficient (Wildman–Crippen LogP) is 2.22. The predicted molar refractivity (Wildman–Crippen MR) is 74.7 cm³/mol. The first kappa shape index (κ1) is 13.8. The summed E-state index contributed by atoms with van der Waals surface area (Å²) >= 11 is 0.875. The first-order valence-electron chi connectivity index (χ1n) is 5.60. The smallest absolute Gasteiger partial charge is 0.350 e. The number of hydrogen-bond acceptors (Lipinski definition) is 6. The number of ketones is 1. The van der Waals surface area contributed by atoms with E-state index in [9.17, 15) is 9.59 Å². The van der Waals surface area contributed by atoms with Gasteiger partial charge in [-0.15, -0.1) is 11.3 Å². The van der Waals surface area contributed by atoms with Crippen molar-refractivity contribution in [1.29, 1.82) is 5.26 Å². The standard InChI is InChI=1S/C14H10N2O3S/c1-19-14(18)13-10(16)9(7-15)12(20-13)11(17)8-5-3-2-4-6-8/h2-6H,16H2,1H3. The van der Waals surface area contributed by atoms with Gasteiger partial charge in [-0.05, 0) is 0 Å². The molecule has 0 spiro atoms. The number of rotatable bonds is 3. The lowest BCUT2D eigenvalue weighted by Crippen LogP contribution is -2.02. The van der Waals surface area contributed by atoms with E-state index in [0.29, 0.717) is 5.56 Å². The van der Waals surface area contributed by atoms with Gasteiger partial charge in [0.2, 0.25) is 5.78 Å². The summed E-state index contributed by atoms with van der Waals surface area (Å²) < 4.78 is 4.59. The molecule has 0 aliphatic heterocycles. The normalized spacial score (nSPS) is 9.80. The lowest BCUT2D eigenvalue weighted by Gasteiger charge is -1.97. The molecule has 0 atom stereocenters. The second kappa shape index (κ2) is 5.55. The summed E-state index contributed by atoms with van der Waals surface area (Å²) in [6, 6.07) is 10.4. The van der Waals surface area contributed by atoms with Gasteiger partial charge in [0.1, 0.15) is 10.9 Å². The molecule has 2 aromatic rings. The average Bonchev–Trinajstić information content (AvgIpc) is 2.83. The number of nitrogens with zero attached hydrogens (tertiary/aromatic N) is 1. The second-order valence-electron chi connectivity index (χ2n) is 3.85. The van der Waals surface area contributed by atoms with E-state index >= 15 is 0 Å². The van der Waals surface area contributed by atoms with Crippen LogP contribution in [0.2, 0.25) is 0 Å². The molecule has 0 saturated carbocycles. The number of methoxy groups -OCH3 is 1. The Morgan fingerprint density at radius 3 is 2.45 bits per heavy atom. The van der Waals surface area contributed by atoms with E-state index in [1.54, 1.807) is 30.3 Å². The van der Waals surface area contributed by atoms with Crippen LogP contribution in [-0.4, -0.2) is 18.9 Å². The molecule has 2 rings (SSSR count). The van der Waals surface area contributed by atoms with Crippen LogP contribution in [0.1, 0.15) is 30.5 Å². The van der Waals surface area contributed by atoms with Crippen molar-refractivity contribution in [2.24, 2.45) is 0 Å². The van der Waals surface area contributed by atoms with Gasteiger partial charge in [0, 0.05) is 5.56 Å². The number of anilines is 1. The summed E-state index contributed by atoms with van der Waals surface area (Å²) in [4.78, 5) is 24.1. The van der Waals surface area contributed by atoms with Gasteiger partial charge in [0.15, 0.2) is 0 Å². The maximum absolute atomic E-state index is 12.4. The van der Waals surface area contributed by atoms with Crippen LogP contribution in [0.4, 0.5) is 5.69 Å². The third-order valence-electron chi connectivity index (χ3n) is 2.67. The van der Waals surface area contributed by atoms with Crippen molar-refractivity contribution in [3.63, 3.8) is 0 Å². The molecule has 1 aromatic carbocycles. The molecule has 0 amide bonds. The number of nitriles is 1. The van der Waals surface area contributed by atoms with Gasteiger partial charge >= 0.3 is 5.97 Å². The van der Waals surface area contributed by atoms with E-state index in [4.69, 9.17) is 11.0 Å². The summed E-state index contributed by atoms with van der Waals surface area (Å²) in [5, 5.41) is 9.14. The molecule has 0 radical (unpaired) electrons. The zero-order valence-electron chi connectivity index (χ0n) is 10.5. The van der Waals surface area contributed by atoms with Gasteiger partial charge in [-0.1, -0.05) is 30.3 Å². The summed E-state index contributed by atoms with van der Waals surface area (Å²) in [5.41, 5.74) is 6.18. The van der Waals surface area contributed by atoms with Crippen molar-refractivity contribution in [1.82, 2.24) is 0 Å². The van der Waals surface area contributed by atoms with Crippen LogP contribution >= 0.6 is 11.3 Å². The van der Waals surface area contributed by atoms with Gasteiger partial charge in [0.25, 0.3) is 0 Å². The Balaban J connectivity index is 2.56. The number of carbonyl (C=O) groups is 2. The fourth-order valence-electron chi connectivity index (χ4n) is 1.68. The highest BCUT2D eigenvalue weighted by atomic mass is 32.1. The fourth-order valence-corrected chi connectivity index (χ4v) is 2.73. The maximum Gasteiger partial charge on any atom is 0.350 e. The number of ether oxygens (including phenoxy) is 1. The highest BCUT2D eigenvalue weighted by molar-refractivity contribution is 7.17. The van der Waals surface area contributed by atoms with Crippen molar-refractivity contribution >= 4 is 28.8 Å². The first-order valence-corrected chi connectivity index (χ1v) is 6.42. The molecular formula is C14H10N2O3S. The number of esters is 1. The Labute approximate surface area is 119 Å². The Morgan fingerprint density at radius 1 is 1.25 bits per heavy atom. The lowest BCUT2D eigenvalue weighted by molar-refractivity contribution is 0.0607. The van der Waals surface area contributed by atoms with Crippen molar-refractivity contribution in [2.75, 3.05) is 12.8 Å². The average molecular weight is 286 g/mol. The SMILES string of the molecule is COC(=O)c1sc(C(=O)c2ccccc2)c(C#N)c1N. The molecule has 0 saturated heterocycles. The Hall–Kier alpha value is -2.65. The maximum atomic E-state index is 12.4. The van der Waals surface area contributed by atoms with E-state index in [0.717, 1.165) is 11.3 Å². The molecule has 0 aliphatic rings. The van der Waals surface area contributed by atoms with Crippen LogP contribution in [0.25, 0.3) is 0 Å². The summed E-state index contributed by atoms with van der Waals surface area (Å²) in [7, 11) is 1.21. The van der Waals surface area contributed by atoms with Crippen LogP contribution in [0.15, 0.2) is 30.3 Å². The van der Waals surface area contributed by atoms with Crippen molar-refractivity contribution in [3.8, 4) is 6.07 Å². The van der Waals surface area contributed by atoms with E-state index in [1.807, 2.05) is 6.07 Å². The van der Waals surface area contributed by atoms with Crippen LogP contribution in [-0.2, 0) is 4.74 Å². The summed E-state index contributed by atoms with van der Waals surface area (Å²) in [6.07, 6.45) is 0. The van der Waals surface area contributed by atoms with Crippen molar-refractivity contribution in [2.45, 2.75) is 0 Å². The largest absolute Gasteiger partial charge is 0.465 e. The third kappa shape index (κ3) is 2.27. The van der Waals surface area contributed by atoms with Gasteiger partial charge < -0.3 is 10.5 Å². The molecular weight excluding hydrogens is 276 g/mol. The molecule has 0 fully saturated rings. The molecule has 1 aromatic heterocycles. The topological polar surface area (TPSA) is 93.2 Å². The quantitative estimate of drug-likeness (QED) is 0.689. The molecule has 1 heterocycles. The van der Waals surface area contributed by atoms with E-state index in [1.165, 1.54) is 7.11 Å².